The highest BCUT2D eigenvalue weighted by Crippen LogP contribution is 2.68. The molecule has 3 aliphatic carbocycles. The van der Waals surface area contributed by atoms with Crippen molar-refractivity contribution in [1.82, 2.24) is 4.90 Å². The van der Waals surface area contributed by atoms with Gasteiger partial charge in [0.2, 0.25) is 5.91 Å². The zero-order valence-electron chi connectivity index (χ0n) is 16.5. The van der Waals surface area contributed by atoms with Gasteiger partial charge in [-0.15, -0.1) is 0 Å². The summed E-state index contributed by atoms with van der Waals surface area (Å²) in [4.78, 5) is 14.4. The molecule has 3 nitrogen and oxygen atoms in total. The smallest absolute Gasteiger partial charge is 0.222 e. The van der Waals surface area contributed by atoms with E-state index >= 15 is 0 Å². The number of nitrogens with zero attached hydrogens (tertiary/aromatic N) is 1. The largest absolute Gasteiger partial charge is 0.370 e. The first-order valence-corrected chi connectivity index (χ1v) is 10.7. The lowest BCUT2D eigenvalue weighted by Crippen LogP contribution is -2.61. The van der Waals surface area contributed by atoms with Gasteiger partial charge in [0.1, 0.15) is 0 Å². The van der Waals surface area contributed by atoms with Gasteiger partial charge in [-0.1, -0.05) is 13.8 Å². The van der Waals surface area contributed by atoms with Crippen LogP contribution in [0.5, 0.6) is 0 Å². The van der Waals surface area contributed by atoms with E-state index in [1.165, 1.54) is 38.5 Å². The summed E-state index contributed by atoms with van der Waals surface area (Å²) < 4.78 is 5.92. The summed E-state index contributed by atoms with van der Waals surface area (Å²) in [5, 5.41) is 0. The maximum Gasteiger partial charge on any atom is 0.222 e. The van der Waals surface area contributed by atoms with Crippen molar-refractivity contribution in [3.8, 4) is 0 Å². The predicted molar refractivity (Wildman–Crippen MR) is 98.0 cm³/mol. The summed E-state index contributed by atoms with van der Waals surface area (Å²) in [7, 11) is 2.06. The van der Waals surface area contributed by atoms with Gasteiger partial charge in [0.25, 0.3) is 0 Å². The van der Waals surface area contributed by atoms with E-state index in [-0.39, 0.29) is 5.60 Å². The summed E-state index contributed by atoms with van der Waals surface area (Å²) in [5.41, 5.74) is 1.03. The number of carbonyl (C=O) groups excluding carboxylic acids is 1. The molecule has 2 heterocycles. The van der Waals surface area contributed by atoms with E-state index in [1.807, 2.05) is 0 Å². The molecule has 5 rings (SSSR count). The van der Waals surface area contributed by atoms with Gasteiger partial charge < -0.3 is 9.64 Å². The number of rotatable bonds is 1. The fraction of sp³-hybridized carbons (Fsp3) is 0.955. The van der Waals surface area contributed by atoms with Crippen LogP contribution >= 0.6 is 0 Å². The number of carbonyl (C=O) groups is 1. The summed E-state index contributed by atoms with van der Waals surface area (Å²) in [6, 6.07) is 0.487. The highest BCUT2D eigenvalue weighted by molar-refractivity contribution is 5.77. The Balaban J connectivity index is 1.45. The third-order valence-electron chi connectivity index (χ3n) is 9.89. The molecule has 2 aliphatic heterocycles. The quantitative estimate of drug-likeness (QED) is 0.665. The van der Waals surface area contributed by atoms with E-state index in [0.717, 1.165) is 43.1 Å². The maximum absolute atomic E-state index is 12.3. The molecule has 5 fully saturated rings. The highest BCUT2D eigenvalue weighted by atomic mass is 16.6. The van der Waals surface area contributed by atoms with Crippen LogP contribution in [0.3, 0.4) is 0 Å². The Morgan fingerprint density at radius 1 is 0.960 bits per heavy atom. The molecule has 1 amide bonds. The minimum absolute atomic E-state index is 0.189. The van der Waals surface area contributed by atoms with E-state index in [0.29, 0.717) is 22.8 Å². The second-order valence-corrected chi connectivity index (χ2v) is 10.8. The van der Waals surface area contributed by atoms with Gasteiger partial charge in [0.05, 0.1) is 12.2 Å². The second-order valence-electron chi connectivity index (χ2n) is 10.8. The molecule has 8 atom stereocenters. The van der Waals surface area contributed by atoms with Crippen molar-refractivity contribution >= 4 is 5.91 Å². The van der Waals surface area contributed by atoms with E-state index in [2.05, 4.69) is 32.7 Å². The average Bonchev–Trinajstić information content (AvgIpc) is 3.20. The van der Waals surface area contributed by atoms with Crippen LogP contribution in [0.1, 0.15) is 72.1 Å². The third-order valence-corrected chi connectivity index (χ3v) is 9.89. The van der Waals surface area contributed by atoms with Crippen molar-refractivity contribution in [1.29, 1.82) is 0 Å². The lowest BCUT2D eigenvalue weighted by Gasteiger charge is -2.62. The molecule has 0 radical (unpaired) electrons. The number of amides is 1. The van der Waals surface area contributed by atoms with E-state index in [1.54, 1.807) is 0 Å². The topological polar surface area (TPSA) is 32.8 Å². The fourth-order valence-corrected chi connectivity index (χ4v) is 8.47. The Bertz CT molecular complexity index is 599. The molecular weight excluding hydrogens is 310 g/mol. The van der Waals surface area contributed by atoms with E-state index < -0.39 is 0 Å². The SMILES string of the molecule is CN1C(=O)CC[C@]2(C)C3CC[C@@]4(C)C(CC[C@@H]4C4(C)CO4)C3CCC12. The third kappa shape index (κ3) is 2.05. The monoisotopic (exact) mass is 345 g/mol. The minimum atomic E-state index is 0.189. The second kappa shape index (κ2) is 5.03. The number of hydrogen-bond acceptors (Lipinski definition) is 2. The Morgan fingerprint density at radius 3 is 2.40 bits per heavy atom. The molecule has 3 heteroatoms. The molecule has 5 aliphatic rings. The number of ether oxygens (including phenoxy) is 1. The lowest BCUT2D eigenvalue weighted by molar-refractivity contribution is -0.159. The molecule has 2 saturated heterocycles. The fourth-order valence-electron chi connectivity index (χ4n) is 8.47. The van der Waals surface area contributed by atoms with Crippen LogP contribution in [0.4, 0.5) is 0 Å². The van der Waals surface area contributed by atoms with E-state index in [4.69, 9.17) is 4.74 Å². The zero-order chi connectivity index (χ0) is 17.6. The Kier molecular flexibility index (Phi) is 3.34. The maximum atomic E-state index is 12.3. The van der Waals surface area contributed by atoms with Crippen molar-refractivity contribution in [3.05, 3.63) is 0 Å². The number of epoxide rings is 1. The van der Waals surface area contributed by atoms with Crippen LogP contribution in [-0.2, 0) is 9.53 Å². The number of hydrogen-bond donors (Lipinski definition) is 0. The molecule has 140 valence electrons. The van der Waals surface area contributed by atoms with Gasteiger partial charge in [0, 0.05) is 19.5 Å². The van der Waals surface area contributed by atoms with Gasteiger partial charge in [-0.3, -0.25) is 4.79 Å². The van der Waals surface area contributed by atoms with Crippen LogP contribution < -0.4 is 0 Å². The van der Waals surface area contributed by atoms with Crippen molar-refractivity contribution in [2.75, 3.05) is 13.7 Å². The molecule has 0 aromatic carbocycles. The Morgan fingerprint density at radius 2 is 1.68 bits per heavy atom. The lowest BCUT2D eigenvalue weighted by atomic mass is 9.46. The Hall–Kier alpha value is -0.570. The number of likely N-dealkylation sites (tertiary alicyclic amines) is 1. The molecular formula is C22H35NO2. The van der Waals surface area contributed by atoms with Gasteiger partial charge in [-0.05, 0) is 86.4 Å². The van der Waals surface area contributed by atoms with Gasteiger partial charge in [-0.2, -0.15) is 0 Å². The van der Waals surface area contributed by atoms with Gasteiger partial charge >= 0.3 is 0 Å². The first-order chi connectivity index (χ1) is 11.8. The molecule has 3 saturated carbocycles. The van der Waals surface area contributed by atoms with Crippen LogP contribution in [0.25, 0.3) is 0 Å². The van der Waals surface area contributed by atoms with Gasteiger partial charge in [-0.25, -0.2) is 0 Å². The molecule has 25 heavy (non-hydrogen) atoms. The zero-order valence-corrected chi connectivity index (χ0v) is 16.5. The summed E-state index contributed by atoms with van der Waals surface area (Å²) in [6.45, 7) is 8.47. The highest BCUT2D eigenvalue weighted by Gasteiger charge is 2.65. The van der Waals surface area contributed by atoms with Crippen LogP contribution in [0, 0.1) is 34.5 Å². The molecule has 0 aromatic heterocycles. The molecule has 0 aromatic rings. The molecule has 5 unspecified atom stereocenters. The summed E-state index contributed by atoms with van der Waals surface area (Å²) in [6.07, 6.45) is 9.99. The van der Waals surface area contributed by atoms with Crippen molar-refractivity contribution in [3.63, 3.8) is 0 Å². The van der Waals surface area contributed by atoms with Crippen molar-refractivity contribution in [2.45, 2.75) is 83.8 Å². The average molecular weight is 346 g/mol. The van der Waals surface area contributed by atoms with Crippen molar-refractivity contribution in [2.24, 2.45) is 34.5 Å². The van der Waals surface area contributed by atoms with Crippen LogP contribution in [0.15, 0.2) is 0 Å². The molecule has 0 N–H and O–H groups in total. The van der Waals surface area contributed by atoms with Crippen LogP contribution in [0.2, 0.25) is 0 Å². The summed E-state index contributed by atoms with van der Waals surface area (Å²) in [5.74, 6) is 3.74. The van der Waals surface area contributed by atoms with Crippen molar-refractivity contribution < 1.29 is 9.53 Å². The first-order valence-electron chi connectivity index (χ1n) is 10.7. The standard InChI is InChI=1S/C22H35NO2/c1-20-11-9-16-14(15(20)6-7-17(20)22(3)13-25-22)5-8-18-21(16,2)12-10-19(24)23(18)4/h14-18H,5-13H2,1-4H3/t14?,15?,16?,17-,18?,20-,21+,22?/m0/s1. The first kappa shape index (κ1) is 16.6. The predicted octanol–water partition coefficient (Wildman–Crippen LogP) is 4.25. The number of fused-ring (bicyclic) bond motifs is 5. The van der Waals surface area contributed by atoms with Crippen LogP contribution in [-0.4, -0.2) is 36.1 Å². The number of piperidine rings is 1. The molecule has 0 bridgehead atoms. The van der Waals surface area contributed by atoms with Gasteiger partial charge in [0.15, 0.2) is 0 Å². The normalized spacial score (nSPS) is 57.7. The van der Waals surface area contributed by atoms with E-state index in [9.17, 15) is 4.79 Å². The summed E-state index contributed by atoms with van der Waals surface area (Å²) >= 11 is 0. The Labute approximate surface area is 152 Å². The molecule has 0 spiro atoms. The minimum Gasteiger partial charge on any atom is -0.370 e.